The van der Waals surface area contributed by atoms with E-state index in [1.807, 2.05) is 32.9 Å². The number of hydrogen-bond donors (Lipinski definition) is 1. The van der Waals surface area contributed by atoms with E-state index >= 15 is 0 Å². The molecule has 106 valence electrons. The van der Waals surface area contributed by atoms with Crippen molar-refractivity contribution >= 4 is 17.5 Å². The highest BCUT2D eigenvalue weighted by Gasteiger charge is 2.21. The first-order valence-corrected chi connectivity index (χ1v) is 6.48. The summed E-state index contributed by atoms with van der Waals surface area (Å²) in [4.78, 5) is 13.4. The fourth-order valence-electron chi connectivity index (χ4n) is 1.73. The monoisotopic (exact) mass is 264 g/mol. The Bertz CT molecular complexity index is 462. The zero-order chi connectivity index (χ0) is 14.8. The number of nitrogens with zero attached hydrogens (tertiary/aromatic N) is 1. The predicted octanol–water partition coefficient (Wildman–Crippen LogP) is 3.76. The van der Waals surface area contributed by atoms with Crippen LogP contribution in [0.4, 0.5) is 16.2 Å². The zero-order valence-electron chi connectivity index (χ0n) is 12.7. The van der Waals surface area contributed by atoms with Gasteiger partial charge in [-0.2, -0.15) is 0 Å². The van der Waals surface area contributed by atoms with E-state index < -0.39 is 5.60 Å². The first-order chi connectivity index (χ1) is 8.61. The summed E-state index contributed by atoms with van der Waals surface area (Å²) in [5.41, 5.74) is 8.02. The first kappa shape index (κ1) is 15.3. The molecule has 0 aromatic heterocycles. The average Bonchev–Trinajstić information content (AvgIpc) is 2.24. The normalized spacial score (nSPS) is 11.5. The standard InChI is InChI=1S/C15H24N2O2/c1-10(2)12-8-7-11(9-13(12)16)17(6)14(18)19-15(3,4)5/h7-10H,16H2,1-6H3. The second-order valence-electron chi connectivity index (χ2n) is 6.01. The van der Waals surface area contributed by atoms with Crippen molar-refractivity contribution in [2.45, 2.75) is 46.1 Å². The molecule has 4 nitrogen and oxygen atoms in total. The molecule has 0 unspecified atom stereocenters. The summed E-state index contributed by atoms with van der Waals surface area (Å²) in [6.07, 6.45) is -0.385. The van der Waals surface area contributed by atoms with Gasteiger partial charge in [0.25, 0.3) is 0 Å². The van der Waals surface area contributed by atoms with E-state index in [-0.39, 0.29) is 6.09 Å². The van der Waals surface area contributed by atoms with Crippen molar-refractivity contribution in [3.8, 4) is 0 Å². The van der Waals surface area contributed by atoms with Crippen molar-refractivity contribution in [2.24, 2.45) is 0 Å². The Kier molecular flexibility index (Phi) is 4.45. The third-order valence-electron chi connectivity index (χ3n) is 2.75. The maximum Gasteiger partial charge on any atom is 0.414 e. The third-order valence-corrected chi connectivity index (χ3v) is 2.75. The minimum Gasteiger partial charge on any atom is -0.443 e. The van der Waals surface area contributed by atoms with Crippen molar-refractivity contribution in [3.05, 3.63) is 23.8 Å². The molecule has 0 saturated carbocycles. The van der Waals surface area contributed by atoms with Crippen LogP contribution in [0.25, 0.3) is 0 Å². The van der Waals surface area contributed by atoms with E-state index in [1.54, 1.807) is 13.1 Å². The second-order valence-corrected chi connectivity index (χ2v) is 6.01. The molecule has 0 fully saturated rings. The number of carbonyl (C=O) groups excluding carboxylic acids is 1. The molecule has 0 atom stereocenters. The Labute approximate surface area is 115 Å². The fourth-order valence-corrected chi connectivity index (χ4v) is 1.73. The molecule has 0 bridgehead atoms. The van der Waals surface area contributed by atoms with Crippen LogP contribution in [-0.2, 0) is 4.74 Å². The van der Waals surface area contributed by atoms with E-state index in [4.69, 9.17) is 10.5 Å². The Balaban J connectivity index is 2.92. The number of nitrogens with two attached hydrogens (primary N) is 1. The van der Waals surface area contributed by atoms with E-state index in [1.165, 1.54) is 4.90 Å². The molecule has 2 N–H and O–H groups in total. The summed E-state index contributed by atoms with van der Waals surface area (Å²) in [6, 6.07) is 5.64. The fraction of sp³-hybridized carbons (Fsp3) is 0.533. The molecule has 0 saturated heterocycles. The van der Waals surface area contributed by atoms with E-state index in [0.29, 0.717) is 11.6 Å². The van der Waals surface area contributed by atoms with Gasteiger partial charge in [-0.05, 0) is 44.4 Å². The number of hydrogen-bond acceptors (Lipinski definition) is 3. The van der Waals surface area contributed by atoms with Gasteiger partial charge in [-0.25, -0.2) is 4.79 Å². The molecule has 1 rings (SSSR count). The average molecular weight is 264 g/mol. The van der Waals surface area contributed by atoms with Crippen molar-refractivity contribution in [3.63, 3.8) is 0 Å². The van der Waals surface area contributed by atoms with Gasteiger partial charge < -0.3 is 10.5 Å². The Morgan fingerprint density at radius 1 is 1.32 bits per heavy atom. The van der Waals surface area contributed by atoms with Crippen LogP contribution in [0.3, 0.4) is 0 Å². The van der Waals surface area contributed by atoms with Crippen LogP contribution < -0.4 is 10.6 Å². The van der Waals surface area contributed by atoms with Crippen LogP contribution in [0.15, 0.2) is 18.2 Å². The van der Waals surface area contributed by atoms with Crippen LogP contribution in [0.2, 0.25) is 0 Å². The predicted molar refractivity (Wildman–Crippen MR) is 79.6 cm³/mol. The summed E-state index contributed by atoms with van der Waals surface area (Å²) in [5, 5.41) is 0. The highest BCUT2D eigenvalue weighted by molar-refractivity contribution is 5.88. The quantitative estimate of drug-likeness (QED) is 0.827. The van der Waals surface area contributed by atoms with Crippen LogP contribution in [-0.4, -0.2) is 18.7 Å². The largest absolute Gasteiger partial charge is 0.443 e. The smallest absolute Gasteiger partial charge is 0.414 e. The Hall–Kier alpha value is -1.71. The van der Waals surface area contributed by atoms with Gasteiger partial charge in [0.05, 0.1) is 0 Å². The van der Waals surface area contributed by atoms with Gasteiger partial charge in [0.2, 0.25) is 0 Å². The molecular weight excluding hydrogens is 240 g/mol. The lowest BCUT2D eigenvalue weighted by atomic mass is 10.0. The molecule has 0 aliphatic heterocycles. The van der Waals surface area contributed by atoms with Gasteiger partial charge in [-0.1, -0.05) is 19.9 Å². The Morgan fingerprint density at radius 2 is 1.89 bits per heavy atom. The molecule has 0 spiro atoms. The molecule has 1 amide bonds. The van der Waals surface area contributed by atoms with Crippen LogP contribution in [0, 0.1) is 0 Å². The highest BCUT2D eigenvalue weighted by atomic mass is 16.6. The SMILES string of the molecule is CC(C)c1ccc(N(C)C(=O)OC(C)(C)C)cc1N. The number of anilines is 2. The van der Waals surface area contributed by atoms with Crippen LogP contribution in [0.5, 0.6) is 0 Å². The molecule has 1 aromatic rings. The van der Waals surface area contributed by atoms with E-state index in [0.717, 1.165) is 11.3 Å². The van der Waals surface area contributed by atoms with Crippen molar-refractivity contribution in [2.75, 3.05) is 17.7 Å². The summed E-state index contributed by atoms with van der Waals surface area (Å²) >= 11 is 0. The van der Waals surface area contributed by atoms with Crippen molar-refractivity contribution < 1.29 is 9.53 Å². The van der Waals surface area contributed by atoms with Gasteiger partial charge in [0.1, 0.15) is 5.60 Å². The molecule has 19 heavy (non-hydrogen) atoms. The number of carbonyl (C=O) groups is 1. The van der Waals surface area contributed by atoms with Gasteiger partial charge in [-0.3, -0.25) is 4.90 Å². The maximum absolute atomic E-state index is 12.0. The maximum atomic E-state index is 12.0. The first-order valence-electron chi connectivity index (χ1n) is 6.48. The van der Waals surface area contributed by atoms with Crippen molar-refractivity contribution in [1.29, 1.82) is 0 Å². The Morgan fingerprint density at radius 3 is 2.32 bits per heavy atom. The van der Waals surface area contributed by atoms with Crippen LogP contribution >= 0.6 is 0 Å². The number of benzene rings is 1. The van der Waals surface area contributed by atoms with Gasteiger partial charge in [0.15, 0.2) is 0 Å². The third kappa shape index (κ3) is 4.16. The summed E-state index contributed by atoms with van der Waals surface area (Å²) in [5.74, 6) is 0.362. The summed E-state index contributed by atoms with van der Waals surface area (Å²) < 4.78 is 5.32. The minimum absolute atomic E-state index is 0.362. The van der Waals surface area contributed by atoms with Crippen LogP contribution in [0.1, 0.15) is 46.1 Å². The lowest BCUT2D eigenvalue weighted by Crippen LogP contribution is -2.34. The van der Waals surface area contributed by atoms with Gasteiger partial charge in [0, 0.05) is 18.4 Å². The zero-order valence-corrected chi connectivity index (χ0v) is 12.7. The molecular formula is C15H24N2O2. The van der Waals surface area contributed by atoms with Crippen molar-refractivity contribution in [1.82, 2.24) is 0 Å². The van der Waals surface area contributed by atoms with E-state index in [9.17, 15) is 4.79 Å². The number of ether oxygens (including phenoxy) is 1. The topological polar surface area (TPSA) is 55.6 Å². The summed E-state index contributed by atoms with van der Waals surface area (Å²) in [6.45, 7) is 9.70. The molecule has 0 radical (unpaired) electrons. The number of amides is 1. The molecule has 0 aliphatic carbocycles. The number of nitrogen functional groups attached to an aromatic ring is 1. The molecule has 0 aliphatic rings. The van der Waals surface area contributed by atoms with Gasteiger partial charge >= 0.3 is 6.09 Å². The number of rotatable bonds is 2. The van der Waals surface area contributed by atoms with E-state index in [2.05, 4.69) is 13.8 Å². The second kappa shape index (κ2) is 5.51. The highest BCUT2D eigenvalue weighted by Crippen LogP contribution is 2.27. The molecule has 4 heteroatoms. The molecule has 1 aromatic carbocycles. The lowest BCUT2D eigenvalue weighted by molar-refractivity contribution is 0.0589. The summed E-state index contributed by atoms with van der Waals surface area (Å²) in [7, 11) is 1.68. The van der Waals surface area contributed by atoms with Gasteiger partial charge in [-0.15, -0.1) is 0 Å². The molecule has 0 heterocycles. The lowest BCUT2D eigenvalue weighted by Gasteiger charge is -2.25. The minimum atomic E-state index is -0.505.